The minimum atomic E-state index is -0.762. The molecule has 1 aliphatic heterocycles. The molecule has 0 aliphatic carbocycles. The molecule has 2 heterocycles. The van der Waals surface area contributed by atoms with Crippen molar-refractivity contribution in [3.63, 3.8) is 0 Å². The van der Waals surface area contributed by atoms with Crippen LogP contribution in [0, 0.1) is 5.82 Å². The Hall–Kier alpha value is -2.70. The zero-order chi connectivity index (χ0) is 17.8. The fourth-order valence-electron chi connectivity index (χ4n) is 3.02. The van der Waals surface area contributed by atoms with E-state index in [1.54, 1.807) is 42.4 Å². The van der Waals surface area contributed by atoms with Gasteiger partial charge in [-0.1, -0.05) is 6.07 Å². The molecule has 0 radical (unpaired) electrons. The number of ether oxygens (including phenoxy) is 1. The highest BCUT2D eigenvalue weighted by Gasteiger charge is 2.23. The summed E-state index contributed by atoms with van der Waals surface area (Å²) in [5.41, 5.74) is 0.803. The molecule has 1 aliphatic rings. The Morgan fingerprint density at radius 1 is 1.40 bits per heavy atom. The van der Waals surface area contributed by atoms with Gasteiger partial charge in [0.05, 0.1) is 17.7 Å². The summed E-state index contributed by atoms with van der Waals surface area (Å²) in [6, 6.07) is 6.37. The van der Waals surface area contributed by atoms with Crippen molar-refractivity contribution < 1.29 is 18.7 Å². The molecule has 1 atom stereocenters. The SMILES string of the molecule is CC(OC(=O)CCN1CCCC1=O)c1c(F)cccc1-n1cccn1. The molecule has 25 heavy (non-hydrogen) atoms. The summed E-state index contributed by atoms with van der Waals surface area (Å²) in [6.45, 7) is 2.65. The molecule has 6 nitrogen and oxygen atoms in total. The van der Waals surface area contributed by atoms with Gasteiger partial charge in [-0.25, -0.2) is 9.07 Å². The number of aromatic nitrogens is 2. The molecule has 1 aromatic heterocycles. The molecule has 0 saturated carbocycles. The van der Waals surface area contributed by atoms with Crippen molar-refractivity contribution in [3.8, 4) is 5.69 Å². The van der Waals surface area contributed by atoms with Gasteiger partial charge in [-0.05, 0) is 31.5 Å². The van der Waals surface area contributed by atoms with E-state index in [4.69, 9.17) is 4.74 Å². The minimum absolute atomic E-state index is 0.0657. The summed E-state index contributed by atoms with van der Waals surface area (Å²) in [5.74, 6) is -0.846. The van der Waals surface area contributed by atoms with Gasteiger partial charge in [0, 0.05) is 31.9 Å². The number of hydrogen-bond acceptors (Lipinski definition) is 4. The molecule has 3 rings (SSSR count). The van der Waals surface area contributed by atoms with E-state index in [-0.39, 0.29) is 17.9 Å². The predicted octanol–water partition coefficient (Wildman–Crippen LogP) is 2.63. The van der Waals surface area contributed by atoms with E-state index in [9.17, 15) is 14.0 Å². The number of esters is 1. The van der Waals surface area contributed by atoms with Crippen molar-refractivity contribution in [2.75, 3.05) is 13.1 Å². The molecule has 1 aromatic carbocycles. The van der Waals surface area contributed by atoms with Crippen molar-refractivity contribution in [3.05, 3.63) is 48.0 Å². The van der Waals surface area contributed by atoms with Crippen LogP contribution in [-0.4, -0.2) is 39.6 Å². The van der Waals surface area contributed by atoms with Crippen LogP contribution in [0.3, 0.4) is 0 Å². The quantitative estimate of drug-likeness (QED) is 0.755. The van der Waals surface area contributed by atoms with Gasteiger partial charge >= 0.3 is 5.97 Å². The van der Waals surface area contributed by atoms with Gasteiger partial charge in [-0.3, -0.25) is 9.59 Å². The van der Waals surface area contributed by atoms with Crippen LogP contribution < -0.4 is 0 Å². The summed E-state index contributed by atoms with van der Waals surface area (Å²) in [7, 11) is 0. The lowest BCUT2D eigenvalue weighted by Crippen LogP contribution is -2.28. The van der Waals surface area contributed by atoms with Gasteiger partial charge in [0.25, 0.3) is 0 Å². The molecule has 1 fully saturated rings. The molecule has 1 unspecified atom stereocenters. The highest BCUT2D eigenvalue weighted by Crippen LogP contribution is 2.27. The summed E-state index contributed by atoms with van der Waals surface area (Å²) >= 11 is 0. The van der Waals surface area contributed by atoms with Crippen LogP contribution in [0.1, 0.15) is 37.9 Å². The minimum Gasteiger partial charge on any atom is -0.458 e. The van der Waals surface area contributed by atoms with Crippen molar-refractivity contribution in [2.24, 2.45) is 0 Å². The Labute approximate surface area is 145 Å². The van der Waals surface area contributed by atoms with Crippen LogP contribution in [-0.2, 0) is 14.3 Å². The molecule has 0 N–H and O–H groups in total. The number of carbonyl (C=O) groups excluding carboxylic acids is 2. The van der Waals surface area contributed by atoms with Crippen LogP contribution in [0.2, 0.25) is 0 Å². The third kappa shape index (κ3) is 3.87. The average Bonchev–Trinajstić information content (AvgIpc) is 3.24. The van der Waals surface area contributed by atoms with Crippen LogP contribution >= 0.6 is 0 Å². The maximum atomic E-state index is 14.3. The monoisotopic (exact) mass is 345 g/mol. The molecule has 0 bridgehead atoms. The Morgan fingerprint density at radius 3 is 2.92 bits per heavy atom. The van der Waals surface area contributed by atoms with Gasteiger partial charge in [-0.2, -0.15) is 5.10 Å². The first-order valence-electron chi connectivity index (χ1n) is 8.32. The van der Waals surface area contributed by atoms with Crippen molar-refractivity contribution >= 4 is 11.9 Å². The highest BCUT2D eigenvalue weighted by atomic mass is 19.1. The molecule has 2 aromatic rings. The number of likely N-dealkylation sites (tertiary alicyclic amines) is 1. The average molecular weight is 345 g/mol. The highest BCUT2D eigenvalue weighted by molar-refractivity contribution is 5.79. The van der Waals surface area contributed by atoms with Gasteiger partial charge < -0.3 is 9.64 Å². The number of benzene rings is 1. The molecular weight excluding hydrogens is 325 g/mol. The smallest absolute Gasteiger partial charge is 0.308 e. The largest absolute Gasteiger partial charge is 0.458 e. The Bertz CT molecular complexity index is 761. The van der Waals surface area contributed by atoms with E-state index >= 15 is 0 Å². The zero-order valence-corrected chi connectivity index (χ0v) is 14.0. The number of carbonyl (C=O) groups is 2. The first-order chi connectivity index (χ1) is 12.1. The summed E-state index contributed by atoms with van der Waals surface area (Å²) in [4.78, 5) is 25.3. The molecule has 1 amide bonds. The lowest BCUT2D eigenvalue weighted by molar-refractivity contribution is -0.149. The van der Waals surface area contributed by atoms with E-state index in [2.05, 4.69) is 5.10 Å². The van der Waals surface area contributed by atoms with Gasteiger partial charge in [0.1, 0.15) is 11.9 Å². The number of rotatable bonds is 6. The lowest BCUT2D eigenvalue weighted by Gasteiger charge is -2.19. The molecular formula is C18H20FN3O3. The Morgan fingerprint density at radius 2 is 2.24 bits per heavy atom. The second-order valence-corrected chi connectivity index (χ2v) is 5.99. The lowest BCUT2D eigenvalue weighted by atomic mass is 10.1. The number of hydrogen-bond donors (Lipinski definition) is 0. The van der Waals surface area contributed by atoms with Gasteiger partial charge in [0.2, 0.25) is 5.91 Å². The zero-order valence-electron chi connectivity index (χ0n) is 14.0. The first kappa shape index (κ1) is 17.1. The van der Waals surface area contributed by atoms with E-state index in [0.717, 1.165) is 6.42 Å². The second-order valence-electron chi connectivity index (χ2n) is 5.99. The maximum Gasteiger partial charge on any atom is 0.308 e. The van der Waals surface area contributed by atoms with E-state index < -0.39 is 17.9 Å². The molecule has 132 valence electrons. The Balaban J connectivity index is 1.68. The molecule has 7 heteroatoms. The summed E-state index contributed by atoms with van der Waals surface area (Å²) in [5, 5.41) is 4.11. The second kappa shape index (κ2) is 7.46. The first-order valence-corrected chi connectivity index (χ1v) is 8.32. The summed E-state index contributed by atoms with van der Waals surface area (Å²) in [6.07, 6.45) is 3.99. The van der Waals surface area contributed by atoms with Crippen LogP contribution in [0.25, 0.3) is 5.69 Å². The fraction of sp³-hybridized carbons (Fsp3) is 0.389. The van der Waals surface area contributed by atoms with Crippen molar-refractivity contribution in [2.45, 2.75) is 32.3 Å². The van der Waals surface area contributed by atoms with Crippen molar-refractivity contribution in [1.29, 1.82) is 0 Å². The Kier molecular flexibility index (Phi) is 5.11. The van der Waals surface area contributed by atoms with E-state index in [1.165, 1.54) is 10.7 Å². The van der Waals surface area contributed by atoms with Crippen LogP contribution in [0.4, 0.5) is 4.39 Å². The van der Waals surface area contributed by atoms with Crippen LogP contribution in [0.5, 0.6) is 0 Å². The topological polar surface area (TPSA) is 64.4 Å². The predicted molar refractivity (Wildman–Crippen MR) is 88.5 cm³/mol. The maximum absolute atomic E-state index is 14.3. The summed E-state index contributed by atoms with van der Waals surface area (Å²) < 4.78 is 21.3. The van der Waals surface area contributed by atoms with Crippen molar-refractivity contribution in [1.82, 2.24) is 14.7 Å². The molecule has 0 spiro atoms. The van der Waals surface area contributed by atoms with E-state index in [1.807, 2.05) is 0 Å². The van der Waals surface area contributed by atoms with Gasteiger partial charge in [0.15, 0.2) is 0 Å². The number of amides is 1. The normalized spacial score (nSPS) is 15.4. The number of nitrogens with zero attached hydrogens (tertiary/aromatic N) is 3. The van der Waals surface area contributed by atoms with E-state index in [0.29, 0.717) is 25.2 Å². The van der Waals surface area contributed by atoms with Crippen LogP contribution in [0.15, 0.2) is 36.7 Å². The van der Waals surface area contributed by atoms with Gasteiger partial charge in [-0.15, -0.1) is 0 Å². The molecule has 1 saturated heterocycles. The third-order valence-corrected chi connectivity index (χ3v) is 4.25. The number of halogens is 1. The fourth-order valence-corrected chi connectivity index (χ4v) is 3.02. The standard InChI is InChI=1S/C18H20FN3O3/c1-13(25-17(24)8-12-21-10-3-7-16(21)23)18-14(19)5-2-6-15(18)22-11-4-9-20-22/h2,4-6,9,11,13H,3,7-8,10,12H2,1H3. The third-order valence-electron chi connectivity index (χ3n) is 4.25.